The summed E-state index contributed by atoms with van der Waals surface area (Å²) in [7, 11) is 2.22. The molecule has 1 fully saturated rings. The van der Waals surface area contributed by atoms with Crippen molar-refractivity contribution in [1.82, 2.24) is 24.8 Å². The van der Waals surface area contributed by atoms with E-state index in [0.29, 0.717) is 0 Å². The molecule has 1 N–H and O–H groups in total. The van der Waals surface area contributed by atoms with Crippen LogP contribution in [0.3, 0.4) is 0 Å². The topological polar surface area (TPSA) is 57.7 Å². The summed E-state index contributed by atoms with van der Waals surface area (Å²) in [5.41, 5.74) is 5.51. The fraction of sp³-hybridized carbons (Fsp3) is 0.375. The highest BCUT2D eigenvalue weighted by Crippen LogP contribution is 2.33. The monoisotopic (exact) mass is 385 g/mol. The lowest BCUT2D eigenvalue weighted by atomic mass is 9.91. The van der Waals surface area contributed by atoms with Gasteiger partial charge in [-0.1, -0.05) is 12.1 Å². The van der Waals surface area contributed by atoms with Crippen LogP contribution in [0.2, 0.25) is 0 Å². The van der Waals surface area contributed by atoms with Crippen molar-refractivity contribution in [2.75, 3.05) is 20.1 Å². The number of aromatic amines is 1. The standard InChI is InChI=1S/C24H27N5/c1-16-27-22(7-5-17-9-12-29(2)13-10-17)23-20(15-26-24(23)28-16)18-6-8-21-19(14-18)4-3-11-25-21/h3-4,6,8,11,14-15,17H,5,7,9-10,12-13H2,1-2H3,(H,26,27,28). The van der Waals surface area contributed by atoms with Crippen molar-refractivity contribution in [2.45, 2.75) is 32.6 Å². The lowest BCUT2D eigenvalue weighted by Crippen LogP contribution is -2.30. The number of pyridine rings is 1. The van der Waals surface area contributed by atoms with Crippen LogP contribution in [-0.4, -0.2) is 45.0 Å². The average Bonchev–Trinajstić information content (AvgIpc) is 3.16. The summed E-state index contributed by atoms with van der Waals surface area (Å²) in [6.45, 7) is 4.41. The Morgan fingerprint density at radius 2 is 2.00 bits per heavy atom. The van der Waals surface area contributed by atoms with Gasteiger partial charge in [0.2, 0.25) is 0 Å². The summed E-state index contributed by atoms with van der Waals surface area (Å²) in [6, 6.07) is 10.6. The summed E-state index contributed by atoms with van der Waals surface area (Å²) in [4.78, 5) is 19.8. The third kappa shape index (κ3) is 3.62. The normalized spacial score (nSPS) is 16.1. The van der Waals surface area contributed by atoms with Gasteiger partial charge in [-0.2, -0.15) is 0 Å². The minimum absolute atomic E-state index is 0.797. The van der Waals surface area contributed by atoms with E-state index in [1.54, 1.807) is 0 Å². The fourth-order valence-electron chi connectivity index (χ4n) is 4.57. The zero-order valence-corrected chi connectivity index (χ0v) is 17.2. The third-order valence-corrected chi connectivity index (χ3v) is 6.26. The van der Waals surface area contributed by atoms with Crippen LogP contribution < -0.4 is 0 Å². The summed E-state index contributed by atoms with van der Waals surface area (Å²) in [6.07, 6.45) is 8.71. The number of aryl methyl sites for hydroxylation is 2. The highest BCUT2D eigenvalue weighted by Gasteiger charge is 2.19. The molecule has 5 rings (SSSR count). The number of aromatic nitrogens is 4. The molecule has 0 spiro atoms. The second kappa shape index (κ2) is 7.56. The molecular weight excluding hydrogens is 358 g/mol. The van der Waals surface area contributed by atoms with E-state index in [4.69, 9.17) is 4.98 Å². The Balaban J connectivity index is 1.51. The van der Waals surface area contributed by atoms with Gasteiger partial charge in [0.25, 0.3) is 0 Å². The summed E-state index contributed by atoms with van der Waals surface area (Å²) >= 11 is 0. The Kier molecular flexibility index (Phi) is 4.76. The highest BCUT2D eigenvalue weighted by atomic mass is 15.1. The lowest BCUT2D eigenvalue weighted by molar-refractivity contribution is 0.212. The highest BCUT2D eigenvalue weighted by molar-refractivity contribution is 5.97. The maximum Gasteiger partial charge on any atom is 0.141 e. The maximum atomic E-state index is 4.87. The zero-order chi connectivity index (χ0) is 19.8. The molecule has 0 amide bonds. The molecule has 1 saturated heterocycles. The fourth-order valence-corrected chi connectivity index (χ4v) is 4.57. The summed E-state index contributed by atoms with van der Waals surface area (Å²) in [5, 5.41) is 2.33. The first-order valence-electron chi connectivity index (χ1n) is 10.6. The van der Waals surface area contributed by atoms with Crippen LogP contribution in [0.25, 0.3) is 33.1 Å². The molecular formula is C24H27N5. The molecule has 0 saturated carbocycles. The molecule has 0 atom stereocenters. The number of nitrogens with zero attached hydrogens (tertiary/aromatic N) is 4. The molecule has 4 aromatic rings. The summed E-state index contributed by atoms with van der Waals surface area (Å²) < 4.78 is 0. The Morgan fingerprint density at radius 3 is 2.86 bits per heavy atom. The number of hydrogen-bond acceptors (Lipinski definition) is 4. The van der Waals surface area contributed by atoms with E-state index in [2.05, 4.69) is 57.4 Å². The second-order valence-corrected chi connectivity index (χ2v) is 8.34. The molecule has 0 bridgehead atoms. The number of hydrogen-bond donors (Lipinski definition) is 1. The molecule has 1 aromatic carbocycles. The number of nitrogens with one attached hydrogen (secondary N) is 1. The number of H-pyrrole nitrogens is 1. The minimum Gasteiger partial charge on any atom is -0.345 e. The van der Waals surface area contributed by atoms with Crippen LogP contribution in [-0.2, 0) is 6.42 Å². The van der Waals surface area contributed by atoms with E-state index in [9.17, 15) is 0 Å². The van der Waals surface area contributed by atoms with Crippen LogP contribution in [0.5, 0.6) is 0 Å². The van der Waals surface area contributed by atoms with Crippen molar-refractivity contribution < 1.29 is 0 Å². The van der Waals surface area contributed by atoms with Crippen LogP contribution in [0, 0.1) is 12.8 Å². The quantitative estimate of drug-likeness (QED) is 0.550. The van der Waals surface area contributed by atoms with Crippen molar-refractivity contribution in [1.29, 1.82) is 0 Å². The molecule has 5 heteroatoms. The Hall–Kier alpha value is -2.79. The van der Waals surface area contributed by atoms with Gasteiger partial charge in [-0.3, -0.25) is 4.98 Å². The number of likely N-dealkylation sites (tertiary alicyclic amines) is 1. The molecule has 3 aromatic heterocycles. The van der Waals surface area contributed by atoms with Gasteiger partial charge in [0.05, 0.1) is 11.2 Å². The smallest absolute Gasteiger partial charge is 0.141 e. The number of piperidine rings is 1. The predicted molar refractivity (Wildman–Crippen MR) is 118 cm³/mol. The van der Waals surface area contributed by atoms with Gasteiger partial charge < -0.3 is 9.88 Å². The van der Waals surface area contributed by atoms with Gasteiger partial charge >= 0.3 is 0 Å². The number of benzene rings is 1. The zero-order valence-electron chi connectivity index (χ0n) is 17.2. The van der Waals surface area contributed by atoms with E-state index in [1.165, 1.54) is 54.6 Å². The van der Waals surface area contributed by atoms with E-state index in [1.807, 2.05) is 19.2 Å². The maximum absolute atomic E-state index is 4.87. The summed E-state index contributed by atoms with van der Waals surface area (Å²) in [5.74, 6) is 1.64. The SMILES string of the molecule is Cc1nc(CCC2CCN(C)CC2)c2c(-c3ccc4ncccc4c3)c[nH]c2n1. The van der Waals surface area contributed by atoms with E-state index in [0.717, 1.165) is 34.7 Å². The first kappa shape index (κ1) is 18.3. The Bertz CT molecular complexity index is 1150. The molecule has 5 nitrogen and oxygen atoms in total. The number of fused-ring (bicyclic) bond motifs is 2. The first-order chi connectivity index (χ1) is 14.2. The van der Waals surface area contributed by atoms with Gasteiger partial charge in [-0.05, 0) is 82.4 Å². The molecule has 29 heavy (non-hydrogen) atoms. The largest absolute Gasteiger partial charge is 0.345 e. The molecule has 148 valence electrons. The molecule has 1 aliphatic rings. The molecule has 0 radical (unpaired) electrons. The van der Waals surface area contributed by atoms with Crippen LogP contribution in [0.4, 0.5) is 0 Å². The molecule has 1 aliphatic heterocycles. The van der Waals surface area contributed by atoms with Gasteiger partial charge in [0.15, 0.2) is 0 Å². The molecule has 0 unspecified atom stereocenters. The van der Waals surface area contributed by atoms with Crippen LogP contribution in [0.1, 0.15) is 30.8 Å². The lowest BCUT2D eigenvalue weighted by Gasteiger charge is -2.28. The van der Waals surface area contributed by atoms with Gasteiger partial charge in [0, 0.05) is 28.7 Å². The van der Waals surface area contributed by atoms with Crippen molar-refractivity contribution >= 4 is 21.9 Å². The predicted octanol–water partition coefficient (Wildman–Crippen LogP) is 4.76. The first-order valence-corrected chi connectivity index (χ1v) is 10.6. The van der Waals surface area contributed by atoms with E-state index >= 15 is 0 Å². The van der Waals surface area contributed by atoms with Gasteiger partial charge in [-0.25, -0.2) is 9.97 Å². The Morgan fingerprint density at radius 1 is 1.14 bits per heavy atom. The van der Waals surface area contributed by atoms with Gasteiger partial charge in [-0.15, -0.1) is 0 Å². The second-order valence-electron chi connectivity index (χ2n) is 8.34. The van der Waals surface area contributed by atoms with E-state index in [-0.39, 0.29) is 0 Å². The van der Waals surface area contributed by atoms with E-state index < -0.39 is 0 Å². The van der Waals surface area contributed by atoms with Crippen molar-refractivity contribution in [3.63, 3.8) is 0 Å². The van der Waals surface area contributed by atoms with Crippen molar-refractivity contribution in [2.24, 2.45) is 5.92 Å². The van der Waals surface area contributed by atoms with Gasteiger partial charge in [0.1, 0.15) is 11.5 Å². The van der Waals surface area contributed by atoms with Crippen LogP contribution >= 0.6 is 0 Å². The third-order valence-electron chi connectivity index (χ3n) is 6.26. The molecule has 0 aliphatic carbocycles. The number of rotatable bonds is 4. The molecule has 4 heterocycles. The average molecular weight is 386 g/mol. The van der Waals surface area contributed by atoms with Crippen LogP contribution in [0.15, 0.2) is 42.7 Å². The minimum atomic E-state index is 0.797. The van der Waals surface area contributed by atoms with Crippen molar-refractivity contribution in [3.8, 4) is 11.1 Å². The Labute approximate surface area is 171 Å². The van der Waals surface area contributed by atoms with Crippen molar-refractivity contribution in [3.05, 3.63) is 54.2 Å².